The van der Waals surface area contributed by atoms with E-state index in [-0.39, 0.29) is 45.3 Å². The zero-order chi connectivity index (χ0) is 41.6. The van der Waals surface area contributed by atoms with Crippen molar-refractivity contribution in [2.45, 2.75) is 0 Å². The molecular weight excluding hydrogens is 543 g/mol. The molecule has 0 saturated heterocycles. The maximum absolute atomic E-state index is 8.88. The zero-order valence-electron chi connectivity index (χ0n) is 37.0. The molecule has 3 nitrogen and oxygen atoms in total. The third-order valence-corrected chi connectivity index (χ3v) is 7.99. The van der Waals surface area contributed by atoms with Gasteiger partial charge in [0, 0.05) is 42.4 Å². The predicted octanol–water partition coefficient (Wildman–Crippen LogP) is 10.6. The van der Waals surface area contributed by atoms with Gasteiger partial charge in [-0.2, -0.15) is 0 Å². The Labute approximate surface area is 274 Å². The Morgan fingerprint density at radius 3 is 1.77 bits per heavy atom. The summed E-state index contributed by atoms with van der Waals surface area (Å²) in [4.78, 5) is 14.1. The molecule has 6 aromatic carbocycles. The molecule has 0 spiro atoms. The summed E-state index contributed by atoms with van der Waals surface area (Å²) in [6.07, 6.45) is 0. The number of hydrogen-bond acceptors (Lipinski definition) is 4. The lowest BCUT2D eigenvalue weighted by atomic mass is 9.95. The van der Waals surface area contributed by atoms with Crippen LogP contribution in [-0.4, -0.2) is 15.0 Å². The molecule has 0 unspecified atom stereocenters. The van der Waals surface area contributed by atoms with Crippen molar-refractivity contribution in [3.8, 4) is 56.4 Å². The van der Waals surface area contributed by atoms with Gasteiger partial charge in [0.05, 0.1) is 20.6 Å². The maximum Gasteiger partial charge on any atom is 0.164 e. The van der Waals surface area contributed by atoms with E-state index >= 15 is 0 Å². The third kappa shape index (κ3) is 4.68. The Morgan fingerprint density at radius 1 is 0.465 bits per heavy atom. The van der Waals surface area contributed by atoms with E-state index in [9.17, 15) is 0 Å². The van der Waals surface area contributed by atoms with Crippen LogP contribution in [0.25, 0.3) is 76.6 Å². The minimum absolute atomic E-state index is 0.0403. The second kappa shape index (κ2) is 10.8. The van der Waals surface area contributed by atoms with Gasteiger partial charge in [-0.15, -0.1) is 11.3 Å². The molecular formula is C39H25N3S. The molecule has 0 fully saturated rings. The SMILES string of the molecule is [2H]c1c([2H])c([2H])c(-c2cc(-c3c([2H])c([2H])c([2H])c([2H])c3[2H])c3sc4cccc(-c5nc(-c6ccccc6)nc(-c6c([2H])c([2H])c([2H])c([2H])c6[2H])n5)c4c3c2)c([2H])c1[2H]. The van der Waals surface area contributed by atoms with Crippen LogP contribution in [0.5, 0.6) is 0 Å². The first-order valence-corrected chi connectivity index (χ1v) is 13.9. The van der Waals surface area contributed by atoms with Gasteiger partial charge in [-0.25, -0.2) is 15.0 Å². The fraction of sp³-hybridized carbons (Fsp3) is 0. The van der Waals surface area contributed by atoms with E-state index < -0.39 is 90.6 Å². The van der Waals surface area contributed by atoms with Crippen molar-refractivity contribution in [2.75, 3.05) is 0 Å². The number of hydrogen-bond donors (Lipinski definition) is 0. The fourth-order valence-corrected chi connectivity index (χ4v) is 6.14. The highest BCUT2D eigenvalue weighted by Gasteiger charge is 2.19. The smallest absolute Gasteiger partial charge is 0.164 e. The number of rotatable bonds is 5. The number of fused-ring (bicyclic) bond motifs is 3. The van der Waals surface area contributed by atoms with Crippen LogP contribution in [-0.2, 0) is 0 Å². The van der Waals surface area contributed by atoms with E-state index in [4.69, 9.17) is 30.5 Å². The molecule has 0 amide bonds. The Morgan fingerprint density at radius 2 is 1.07 bits per heavy atom. The van der Waals surface area contributed by atoms with Crippen LogP contribution in [0.2, 0.25) is 0 Å². The second-order valence-corrected chi connectivity index (χ2v) is 10.4. The summed E-state index contributed by atoms with van der Waals surface area (Å²) in [5.74, 6) is -0.0286. The van der Waals surface area contributed by atoms with Gasteiger partial charge in [0.25, 0.3) is 0 Å². The van der Waals surface area contributed by atoms with Gasteiger partial charge in [-0.1, -0.05) is 133 Å². The highest BCUT2D eigenvalue weighted by atomic mass is 32.1. The van der Waals surface area contributed by atoms with E-state index in [1.165, 1.54) is 17.4 Å². The van der Waals surface area contributed by atoms with E-state index in [2.05, 4.69) is 4.98 Å². The monoisotopic (exact) mass is 582 g/mol. The Kier molecular flexibility index (Phi) is 3.54. The van der Waals surface area contributed by atoms with Crippen LogP contribution in [0.1, 0.15) is 20.6 Å². The highest BCUT2D eigenvalue weighted by Crippen LogP contribution is 2.45. The Hall–Kier alpha value is -5.45. The number of benzene rings is 6. The molecule has 4 heteroatoms. The molecule has 8 rings (SSSR count). The van der Waals surface area contributed by atoms with Gasteiger partial charge >= 0.3 is 0 Å². The van der Waals surface area contributed by atoms with Crippen molar-refractivity contribution >= 4 is 31.5 Å². The molecule has 8 aromatic rings. The third-order valence-electron chi connectivity index (χ3n) is 6.79. The predicted molar refractivity (Wildman–Crippen MR) is 180 cm³/mol. The van der Waals surface area contributed by atoms with Gasteiger partial charge in [0.2, 0.25) is 0 Å². The normalized spacial score (nSPS) is 16.1. The second-order valence-electron chi connectivity index (χ2n) is 9.35. The summed E-state index contributed by atoms with van der Waals surface area (Å²) >= 11 is 1.22. The van der Waals surface area contributed by atoms with Gasteiger partial charge in [-0.05, 0) is 34.9 Å². The average Bonchev–Trinajstić information content (AvgIpc) is 3.61. The first-order valence-electron chi connectivity index (χ1n) is 20.6. The zero-order valence-corrected chi connectivity index (χ0v) is 22.8. The van der Waals surface area contributed by atoms with Crippen LogP contribution >= 0.6 is 11.3 Å². The van der Waals surface area contributed by atoms with Crippen molar-refractivity contribution in [1.29, 1.82) is 0 Å². The number of aromatic nitrogens is 3. The Bertz CT molecular complexity index is 2990. The van der Waals surface area contributed by atoms with Crippen molar-refractivity contribution in [3.63, 3.8) is 0 Å². The van der Waals surface area contributed by atoms with Crippen molar-refractivity contribution in [3.05, 3.63) is 151 Å². The van der Waals surface area contributed by atoms with Crippen molar-refractivity contribution in [2.24, 2.45) is 0 Å². The molecule has 2 heterocycles. The first kappa shape index (κ1) is 14.1. The van der Waals surface area contributed by atoms with Crippen molar-refractivity contribution < 1.29 is 20.6 Å². The lowest BCUT2D eigenvalue weighted by Crippen LogP contribution is -2.00. The number of thiophene rings is 1. The summed E-state index contributed by atoms with van der Waals surface area (Å²) in [7, 11) is 0. The molecule has 0 N–H and O–H groups in total. The quantitative estimate of drug-likeness (QED) is 0.203. The van der Waals surface area contributed by atoms with Crippen molar-refractivity contribution in [1.82, 2.24) is 15.0 Å². The summed E-state index contributed by atoms with van der Waals surface area (Å²) in [6.45, 7) is 0. The van der Waals surface area contributed by atoms with Gasteiger partial charge in [-0.3, -0.25) is 0 Å². The summed E-state index contributed by atoms with van der Waals surface area (Å²) in [5, 5.41) is 0.898. The van der Waals surface area contributed by atoms with Crippen LogP contribution in [0, 0.1) is 0 Å². The lowest BCUT2D eigenvalue weighted by molar-refractivity contribution is 1.08. The summed E-state index contributed by atoms with van der Waals surface area (Å²) < 4.78 is 129. The molecule has 0 radical (unpaired) electrons. The molecule has 0 bridgehead atoms. The van der Waals surface area contributed by atoms with E-state index in [0.29, 0.717) is 31.3 Å². The molecule has 0 aliphatic heterocycles. The molecule has 0 saturated carbocycles. The average molecular weight is 583 g/mol. The van der Waals surface area contributed by atoms with Gasteiger partial charge in [0.1, 0.15) is 0 Å². The minimum Gasteiger partial charge on any atom is -0.208 e. The van der Waals surface area contributed by atoms with Crippen LogP contribution in [0.4, 0.5) is 0 Å². The van der Waals surface area contributed by atoms with Crippen LogP contribution in [0.3, 0.4) is 0 Å². The van der Waals surface area contributed by atoms with Gasteiger partial charge in [0.15, 0.2) is 17.5 Å². The summed E-state index contributed by atoms with van der Waals surface area (Å²) in [5.41, 5.74) is 0.601. The topological polar surface area (TPSA) is 38.7 Å². The first-order chi connectivity index (χ1) is 27.5. The van der Waals surface area contributed by atoms with E-state index in [0.717, 1.165) is 0 Å². The molecule has 43 heavy (non-hydrogen) atoms. The van der Waals surface area contributed by atoms with E-state index in [1.54, 1.807) is 54.6 Å². The molecule has 0 atom stereocenters. The molecule has 0 aliphatic rings. The van der Waals surface area contributed by atoms with E-state index in [1.807, 2.05) is 0 Å². The summed E-state index contributed by atoms with van der Waals surface area (Å²) in [6, 6.07) is 8.72. The largest absolute Gasteiger partial charge is 0.208 e. The standard InChI is InChI=1S/C39H25N3S/c1-5-14-26(15-6-1)30-24-32(27-16-7-2-8-17-27)36-33(25-30)35-31(22-13-23-34(35)43-36)39-41-37(28-18-9-3-10-19-28)40-38(42-39)29-20-11-4-12-21-29/h1-25H/i1D,2D,3D,5D,6D,7D,8D,9D,10D,14D,15D,16D,17D,18D,19D. The fourth-order valence-electron chi connectivity index (χ4n) is 4.91. The molecule has 2 aromatic heterocycles. The Balaban J connectivity index is 1.53. The molecule has 0 aliphatic carbocycles. The maximum atomic E-state index is 8.88. The molecule has 202 valence electrons. The number of nitrogens with zero attached hydrogens (tertiary/aromatic N) is 3. The van der Waals surface area contributed by atoms with Gasteiger partial charge < -0.3 is 0 Å². The lowest BCUT2D eigenvalue weighted by Gasteiger charge is -2.11. The van der Waals surface area contributed by atoms with Crippen LogP contribution in [0.15, 0.2) is 151 Å². The minimum atomic E-state index is -0.604. The highest BCUT2D eigenvalue weighted by molar-refractivity contribution is 7.26. The van der Waals surface area contributed by atoms with Crippen LogP contribution < -0.4 is 0 Å².